The molecule has 0 rings (SSSR count). The fourth-order valence-electron chi connectivity index (χ4n) is 1.67. The van der Waals surface area contributed by atoms with Gasteiger partial charge < -0.3 is 17.1 Å². The molecule has 1 nitrogen and oxygen atoms in total. The van der Waals surface area contributed by atoms with Crippen LogP contribution in [-0.2, 0) is 4.74 Å². The van der Waals surface area contributed by atoms with Crippen molar-refractivity contribution >= 4 is 0 Å². The van der Waals surface area contributed by atoms with Crippen LogP contribution < -0.4 is 18.9 Å². The molecule has 0 saturated heterocycles. The first-order chi connectivity index (χ1) is 7.85. The Labute approximate surface area is 120 Å². The van der Waals surface area contributed by atoms with Crippen molar-refractivity contribution in [3.63, 3.8) is 0 Å². The Balaban J connectivity index is 0. The van der Waals surface area contributed by atoms with E-state index in [9.17, 15) is 0 Å². The van der Waals surface area contributed by atoms with E-state index >= 15 is 0 Å². The van der Waals surface area contributed by atoms with Gasteiger partial charge in [-0.1, -0.05) is 51.5 Å². The molecular weight excluding hydrogens is 203 g/mol. The SMILES string of the molecule is [C-]#CC(CCCCCCCCC)OCC=C.[Li+]. The summed E-state index contributed by atoms with van der Waals surface area (Å²) >= 11 is 0. The van der Waals surface area contributed by atoms with Crippen LogP contribution in [0.1, 0.15) is 58.3 Å². The van der Waals surface area contributed by atoms with Crippen molar-refractivity contribution in [2.45, 2.75) is 64.4 Å². The van der Waals surface area contributed by atoms with Gasteiger partial charge in [0.2, 0.25) is 0 Å². The molecule has 0 aromatic carbocycles. The Bertz CT molecular complexity index is 196. The fraction of sp³-hybridized carbons (Fsp3) is 0.733. The van der Waals surface area contributed by atoms with Crippen LogP contribution in [0.4, 0.5) is 0 Å². The molecule has 92 valence electrons. The fourth-order valence-corrected chi connectivity index (χ4v) is 1.67. The molecule has 0 saturated carbocycles. The molecular formula is C15H25LiO. The van der Waals surface area contributed by atoms with Gasteiger partial charge in [0.05, 0.1) is 12.7 Å². The molecule has 0 aromatic rings. The van der Waals surface area contributed by atoms with Gasteiger partial charge in [0, 0.05) is 0 Å². The molecule has 2 heteroatoms. The molecule has 0 aliphatic rings. The molecule has 0 aromatic heterocycles. The van der Waals surface area contributed by atoms with E-state index in [4.69, 9.17) is 11.2 Å². The molecule has 0 bridgehead atoms. The second-order valence-corrected chi connectivity index (χ2v) is 4.16. The summed E-state index contributed by atoms with van der Waals surface area (Å²) < 4.78 is 5.37. The minimum Gasteiger partial charge on any atom is -0.691 e. The van der Waals surface area contributed by atoms with Crippen LogP contribution in [0, 0.1) is 12.3 Å². The number of hydrogen-bond donors (Lipinski definition) is 0. The Morgan fingerprint density at radius 3 is 2.29 bits per heavy atom. The van der Waals surface area contributed by atoms with Gasteiger partial charge in [0.15, 0.2) is 0 Å². The molecule has 0 heterocycles. The summed E-state index contributed by atoms with van der Waals surface area (Å²) in [6, 6.07) is 0. The minimum absolute atomic E-state index is 0. The molecule has 0 N–H and O–H groups in total. The molecule has 1 atom stereocenters. The van der Waals surface area contributed by atoms with E-state index in [1.54, 1.807) is 6.08 Å². The van der Waals surface area contributed by atoms with E-state index < -0.39 is 0 Å². The number of ether oxygens (including phenoxy) is 1. The average molecular weight is 228 g/mol. The maximum Gasteiger partial charge on any atom is 1.00 e. The monoisotopic (exact) mass is 228 g/mol. The molecule has 17 heavy (non-hydrogen) atoms. The molecule has 0 fully saturated rings. The minimum atomic E-state index is -0.131. The summed E-state index contributed by atoms with van der Waals surface area (Å²) in [6.07, 6.45) is 18.7. The van der Waals surface area contributed by atoms with Crippen molar-refractivity contribution in [2.75, 3.05) is 6.61 Å². The number of rotatable bonds is 11. The topological polar surface area (TPSA) is 9.23 Å². The van der Waals surface area contributed by atoms with Crippen molar-refractivity contribution < 1.29 is 23.6 Å². The van der Waals surface area contributed by atoms with E-state index in [1.165, 1.54) is 38.5 Å². The van der Waals surface area contributed by atoms with Gasteiger partial charge in [0.25, 0.3) is 0 Å². The summed E-state index contributed by atoms with van der Waals surface area (Å²) in [6.45, 7) is 6.35. The molecule has 1 unspecified atom stereocenters. The first kappa shape index (κ1) is 19.2. The van der Waals surface area contributed by atoms with Crippen molar-refractivity contribution in [3.8, 4) is 5.92 Å². The Kier molecular flexibility index (Phi) is 17.9. The van der Waals surface area contributed by atoms with Crippen molar-refractivity contribution in [1.29, 1.82) is 0 Å². The first-order valence-corrected chi connectivity index (χ1v) is 6.49. The van der Waals surface area contributed by atoms with Crippen LogP contribution in [0.25, 0.3) is 0 Å². The first-order valence-electron chi connectivity index (χ1n) is 6.49. The number of unbranched alkanes of at least 4 members (excludes halogenated alkanes) is 6. The van der Waals surface area contributed by atoms with Gasteiger partial charge in [-0.3, -0.25) is 0 Å². The van der Waals surface area contributed by atoms with E-state index in [2.05, 4.69) is 19.4 Å². The van der Waals surface area contributed by atoms with Crippen molar-refractivity contribution in [3.05, 3.63) is 19.1 Å². The second-order valence-electron chi connectivity index (χ2n) is 4.16. The van der Waals surface area contributed by atoms with Crippen molar-refractivity contribution in [1.82, 2.24) is 0 Å². The summed E-state index contributed by atoms with van der Waals surface area (Å²) in [5, 5.41) is 0. The Hall–Kier alpha value is -0.143. The van der Waals surface area contributed by atoms with E-state index in [0.717, 1.165) is 12.8 Å². The standard InChI is InChI=1S/C15H25O.Li/c1-4-7-8-9-10-11-12-13-15(6-3)16-14-5-2;/h5,15H,2,4,7-14H2,1H3;/q-1;+1. The predicted molar refractivity (Wildman–Crippen MR) is 69.7 cm³/mol. The van der Waals surface area contributed by atoms with E-state index in [0.29, 0.717) is 6.61 Å². The molecule has 0 radical (unpaired) electrons. The van der Waals surface area contributed by atoms with E-state index in [-0.39, 0.29) is 25.0 Å². The number of hydrogen-bond acceptors (Lipinski definition) is 1. The van der Waals surface area contributed by atoms with Crippen LogP contribution in [0.15, 0.2) is 12.7 Å². The van der Waals surface area contributed by atoms with Crippen molar-refractivity contribution in [2.24, 2.45) is 0 Å². The zero-order chi connectivity index (χ0) is 12.1. The summed E-state index contributed by atoms with van der Waals surface area (Å²) in [4.78, 5) is 0. The zero-order valence-corrected chi connectivity index (χ0v) is 11.6. The third-order valence-corrected chi connectivity index (χ3v) is 2.65. The largest absolute Gasteiger partial charge is 1.00 e. The quantitative estimate of drug-likeness (QED) is 0.170. The van der Waals surface area contributed by atoms with Gasteiger partial charge in [-0.2, -0.15) is 0 Å². The van der Waals surface area contributed by atoms with Gasteiger partial charge in [-0.05, 0) is 12.8 Å². The second kappa shape index (κ2) is 15.9. The summed E-state index contributed by atoms with van der Waals surface area (Å²) in [5.41, 5.74) is 0. The summed E-state index contributed by atoms with van der Waals surface area (Å²) in [5.74, 6) is 2.43. The maximum atomic E-state index is 7.10. The van der Waals surface area contributed by atoms with E-state index in [1.807, 2.05) is 0 Å². The van der Waals surface area contributed by atoms with Crippen LogP contribution in [0.5, 0.6) is 0 Å². The van der Waals surface area contributed by atoms with Crippen LogP contribution in [-0.4, -0.2) is 12.7 Å². The normalized spacial score (nSPS) is 11.3. The van der Waals surface area contributed by atoms with Crippen LogP contribution in [0.3, 0.4) is 0 Å². The summed E-state index contributed by atoms with van der Waals surface area (Å²) in [7, 11) is 0. The molecule has 0 aliphatic heterocycles. The third kappa shape index (κ3) is 13.8. The van der Waals surface area contributed by atoms with Gasteiger partial charge >= 0.3 is 18.9 Å². The smallest absolute Gasteiger partial charge is 0.691 e. The van der Waals surface area contributed by atoms with Gasteiger partial charge in [0.1, 0.15) is 0 Å². The zero-order valence-electron chi connectivity index (χ0n) is 11.6. The predicted octanol–water partition coefficient (Wildman–Crippen LogP) is 1.29. The average Bonchev–Trinajstić information content (AvgIpc) is 2.32. The maximum absolute atomic E-state index is 7.10. The third-order valence-electron chi connectivity index (χ3n) is 2.65. The van der Waals surface area contributed by atoms with Crippen LogP contribution >= 0.6 is 0 Å². The molecule has 0 aliphatic carbocycles. The van der Waals surface area contributed by atoms with Crippen LogP contribution in [0.2, 0.25) is 0 Å². The molecule has 0 spiro atoms. The molecule has 0 amide bonds. The van der Waals surface area contributed by atoms with Gasteiger partial charge in [-0.15, -0.1) is 6.58 Å². The van der Waals surface area contributed by atoms with Gasteiger partial charge in [-0.25, -0.2) is 0 Å². The Morgan fingerprint density at radius 2 is 1.76 bits per heavy atom. The Morgan fingerprint density at radius 1 is 1.18 bits per heavy atom.